The summed E-state index contributed by atoms with van der Waals surface area (Å²) in [7, 11) is 0. The molecule has 3 aromatic rings. The monoisotopic (exact) mass is 335 g/mol. The number of nitrogens with zero attached hydrogens (tertiary/aromatic N) is 1. The summed E-state index contributed by atoms with van der Waals surface area (Å²) in [6.07, 6.45) is 3.17. The van der Waals surface area contributed by atoms with Gasteiger partial charge in [-0.05, 0) is 36.8 Å². The number of fused-ring (bicyclic) bond motifs is 1. The largest absolute Gasteiger partial charge is 0.491 e. The van der Waals surface area contributed by atoms with E-state index in [1.54, 1.807) is 12.3 Å². The molecular formula is C20H21N3O2. The van der Waals surface area contributed by atoms with Gasteiger partial charge in [0.05, 0.1) is 17.4 Å². The maximum Gasteiger partial charge on any atom is 0.252 e. The van der Waals surface area contributed by atoms with Crippen LogP contribution in [-0.2, 0) is 6.54 Å². The standard InChI is InChI=1S/C20H21N3O2/c1-13(2)25-19-8-7-14-5-3-4-6-15(14)16(19)12-23-18-9-10-22-11-17(18)20(21)24/h3-11,13H,12H2,1-2H3,(H2,21,24)(H,22,23). The van der Waals surface area contributed by atoms with Gasteiger partial charge in [0.1, 0.15) is 5.75 Å². The lowest BCUT2D eigenvalue weighted by molar-refractivity contribution is 0.100. The van der Waals surface area contributed by atoms with E-state index in [1.165, 1.54) is 6.20 Å². The van der Waals surface area contributed by atoms with E-state index in [4.69, 9.17) is 10.5 Å². The summed E-state index contributed by atoms with van der Waals surface area (Å²) >= 11 is 0. The van der Waals surface area contributed by atoms with Crippen LogP contribution in [0.1, 0.15) is 29.8 Å². The average molecular weight is 335 g/mol. The third-order valence-corrected chi connectivity index (χ3v) is 3.90. The number of nitrogens with two attached hydrogens (primary N) is 1. The van der Waals surface area contributed by atoms with Crippen molar-refractivity contribution in [3.63, 3.8) is 0 Å². The Balaban J connectivity index is 1.98. The summed E-state index contributed by atoms with van der Waals surface area (Å²) in [4.78, 5) is 15.5. The number of hydrogen-bond acceptors (Lipinski definition) is 4. The lowest BCUT2D eigenvalue weighted by Crippen LogP contribution is -2.15. The Hall–Kier alpha value is -3.08. The van der Waals surface area contributed by atoms with Crippen molar-refractivity contribution in [2.24, 2.45) is 5.73 Å². The summed E-state index contributed by atoms with van der Waals surface area (Å²) in [5.74, 6) is 0.322. The minimum absolute atomic E-state index is 0.0713. The molecule has 3 rings (SSSR count). The number of pyridine rings is 1. The minimum Gasteiger partial charge on any atom is -0.491 e. The van der Waals surface area contributed by atoms with E-state index < -0.39 is 5.91 Å². The number of primary amides is 1. The molecule has 0 spiro atoms. The van der Waals surface area contributed by atoms with Crippen LogP contribution >= 0.6 is 0 Å². The number of anilines is 1. The van der Waals surface area contributed by atoms with Crippen molar-refractivity contribution in [1.29, 1.82) is 0 Å². The van der Waals surface area contributed by atoms with Crippen LogP contribution in [0.5, 0.6) is 5.75 Å². The van der Waals surface area contributed by atoms with Crippen molar-refractivity contribution in [2.45, 2.75) is 26.5 Å². The molecule has 25 heavy (non-hydrogen) atoms. The summed E-state index contributed by atoms with van der Waals surface area (Å²) in [5, 5.41) is 5.55. The third-order valence-electron chi connectivity index (χ3n) is 3.90. The van der Waals surface area contributed by atoms with Gasteiger partial charge in [0.2, 0.25) is 0 Å². The lowest BCUT2D eigenvalue weighted by Gasteiger charge is -2.18. The highest BCUT2D eigenvalue weighted by molar-refractivity contribution is 5.98. The van der Waals surface area contributed by atoms with Gasteiger partial charge in [-0.3, -0.25) is 9.78 Å². The summed E-state index contributed by atoms with van der Waals surface area (Å²) in [5.41, 5.74) is 7.49. The molecule has 0 fully saturated rings. The molecule has 0 atom stereocenters. The maximum atomic E-state index is 11.6. The van der Waals surface area contributed by atoms with E-state index in [0.717, 1.165) is 22.1 Å². The molecule has 0 aliphatic carbocycles. The summed E-state index contributed by atoms with van der Waals surface area (Å²) in [6.45, 7) is 4.51. The number of rotatable bonds is 6. The second-order valence-electron chi connectivity index (χ2n) is 6.07. The van der Waals surface area contributed by atoms with E-state index >= 15 is 0 Å². The predicted octanol–water partition coefficient (Wildman–Crippen LogP) is 3.73. The molecule has 3 N–H and O–H groups in total. The van der Waals surface area contributed by atoms with Gasteiger partial charge < -0.3 is 15.8 Å². The second kappa shape index (κ2) is 7.21. The Morgan fingerprint density at radius 3 is 2.76 bits per heavy atom. The zero-order chi connectivity index (χ0) is 17.8. The number of aromatic nitrogens is 1. The van der Waals surface area contributed by atoms with Gasteiger partial charge >= 0.3 is 0 Å². The molecule has 128 valence electrons. The van der Waals surface area contributed by atoms with Crippen LogP contribution in [0.2, 0.25) is 0 Å². The highest BCUT2D eigenvalue weighted by Gasteiger charge is 2.12. The minimum atomic E-state index is -0.507. The number of nitrogens with one attached hydrogen (secondary N) is 1. The van der Waals surface area contributed by atoms with Crippen molar-refractivity contribution in [3.05, 3.63) is 66.0 Å². The number of carbonyl (C=O) groups excluding carboxylic acids is 1. The van der Waals surface area contributed by atoms with Crippen molar-refractivity contribution in [1.82, 2.24) is 4.98 Å². The molecule has 0 saturated carbocycles. The quantitative estimate of drug-likeness (QED) is 0.719. The van der Waals surface area contributed by atoms with Gasteiger partial charge in [-0.25, -0.2) is 0 Å². The number of benzene rings is 2. The number of ether oxygens (including phenoxy) is 1. The Kier molecular flexibility index (Phi) is 4.84. The van der Waals surface area contributed by atoms with Crippen LogP contribution in [0.4, 0.5) is 5.69 Å². The van der Waals surface area contributed by atoms with Crippen LogP contribution < -0.4 is 15.8 Å². The molecule has 0 aliphatic rings. The smallest absolute Gasteiger partial charge is 0.252 e. The molecular weight excluding hydrogens is 314 g/mol. The van der Waals surface area contributed by atoms with Crippen molar-refractivity contribution < 1.29 is 9.53 Å². The van der Waals surface area contributed by atoms with Crippen LogP contribution in [0.25, 0.3) is 10.8 Å². The topological polar surface area (TPSA) is 77.2 Å². The number of amides is 1. The maximum absolute atomic E-state index is 11.6. The molecule has 2 aromatic carbocycles. The fraction of sp³-hybridized carbons (Fsp3) is 0.200. The summed E-state index contributed by atoms with van der Waals surface area (Å²) < 4.78 is 5.98. The fourth-order valence-electron chi connectivity index (χ4n) is 2.79. The van der Waals surface area contributed by atoms with Crippen LogP contribution in [0.15, 0.2) is 54.9 Å². The molecule has 5 heteroatoms. The zero-order valence-electron chi connectivity index (χ0n) is 14.3. The number of hydrogen-bond donors (Lipinski definition) is 2. The molecule has 0 unspecified atom stereocenters. The van der Waals surface area contributed by atoms with Crippen LogP contribution in [0, 0.1) is 0 Å². The highest BCUT2D eigenvalue weighted by atomic mass is 16.5. The molecule has 1 aromatic heterocycles. The Morgan fingerprint density at radius 2 is 2.00 bits per heavy atom. The highest BCUT2D eigenvalue weighted by Crippen LogP contribution is 2.30. The number of carbonyl (C=O) groups is 1. The molecule has 0 saturated heterocycles. The van der Waals surface area contributed by atoms with Crippen LogP contribution in [0.3, 0.4) is 0 Å². The Morgan fingerprint density at radius 1 is 1.20 bits per heavy atom. The first-order chi connectivity index (χ1) is 12.1. The lowest BCUT2D eigenvalue weighted by atomic mass is 10.0. The molecule has 0 radical (unpaired) electrons. The molecule has 1 heterocycles. The fourth-order valence-corrected chi connectivity index (χ4v) is 2.79. The van der Waals surface area contributed by atoms with Crippen molar-refractivity contribution >= 4 is 22.4 Å². The van der Waals surface area contributed by atoms with Crippen molar-refractivity contribution in [2.75, 3.05) is 5.32 Å². The first kappa shape index (κ1) is 16.8. The predicted molar refractivity (Wildman–Crippen MR) is 99.8 cm³/mol. The molecule has 5 nitrogen and oxygen atoms in total. The SMILES string of the molecule is CC(C)Oc1ccc2ccccc2c1CNc1ccncc1C(N)=O. The van der Waals surface area contributed by atoms with Crippen LogP contribution in [-0.4, -0.2) is 17.0 Å². The first-order valence-electron chi connectivity index (χ1n) is 8.21. The zero-order valence-corrected chi connectivity index (χ0v) is 14.3. The molecule has 1 amide bonds. The molecule has 0 bridgehead atoms. The second-order valence-corrected chi connectivity index (χ2v) is 6.07. The van der Waals surface area contributed by atoms with Gasteiger partial charge in [-0.2, -0.15) is 0 Å². The van der Waals surface area contributed by atoms with E-state index in [-0.39, 0.29) is 6.10 Å². The molecule has 0 aliphatic heterocycles. The van der Waals surface area contributed by atoms with E-state index in [9.17, 15) is 4.79 Å². The van der Waals surface area contributed by atoms with Crippen molar-refractivity contribution in [3.8, 4) is 5.75 Å². The van der Waals surface area contributed by atoms with Gasteiger partial charge in [0.25, 0.3) is 5.91 Å². The van der Waals surface area contributed by atoms with E-state index in [1.807, 2.05) is 32.0 Å². The first-order valence-corrected chi connectivity index (χ1v) is 8.21. The summed E-state index contributed by atoms with van der Waals surface area (Å²) in [6, 6.07) is 13.9. The van der Waals surface area contributed by atoms with E-state index in [0.29, 0.717) is 17.8 Å². The van der Waals surface area contributed by atoms with Gasteiger partial charge in [-0.1, -0.05) is 30.3 Å². The average Bonchev–Trinajstić information content (AvgIpc) is 2.60. The van der Waals surface area contributed by atoms with Gasteiger partial charge in [-0.15, -0.1) is 0 Å². The Labute approximate surface area is 146 Å². The Bertz CT molecular complexity index is 906. The van der Waals surface area contributed by atoms with Gasteiger partial charge in [0.15, 0.2) is 0 Å². The third kappa shape index (κ3) is 3.71. The van der Waals surface area contributed by atoms with E-state index in [2.05, 4.69) is 28.5 Å². The van der Waals surface area contributed by atoms with Gasteiger partial charge in [0, 0.05) is 24.5 Å². The normalized spacial score (nSPS) is 10.8.